The molecule has 1 amide bonds. The van der Waals surface area contributed by atoms with Crippen molar-refractivity contribution in [3.63, 3.8) is 0 Å². The number of amides is 1. The predicted octanol–water partition coefficient (Wildman–Crippen LogP) is 2.51. The van der Waals surface area contributed by atoms with Crippen LogP contribution >= 0.6 is 0 Å². The minimum Gasteiger partial charge on any atom is -0.411 e. The first-order valence-corrected chi connectivity index (χ1v) is 7.66. The molecule has 106 valence electrons. The van der Waals surface area contributed by atoms with Gasteiger partial charge in [0.15, 0.2) is 0 Å². The van der Waals surface area contributed by atoms with Gasteiger partial charge in [-0.2, -0.15) is 0 Å². The summed E-state index contributed by atoms with van der Waals surface area (Å²) in [5, 5.41) is 12.2. The summed E-state index contributed by atoms with van der Waals surface area (Å²) in [4.78, 5) is 14.4. The van der Waals surface area contributed by atoms with E-state index in [1.54, 1.807) is 0 Å². The van der Waals surface area contributed by atoms with Crippen LogP contribution in [0.1, 0.15) is 45.4 Å². The van der Waals surface area contributed by atoms with E-state index >= 15 is 0 Å². The summed E-state index contributed by atoms with van der Waals surface area (Å²) in [5.41, 5.74) is 0.837. The van der Waals surface area contributed by atoms with E-state index in [-0.39, 0.29) is 5.92 Å². The topological polar surface area (TPSA) is 52.9 Å². The van der Waals surface area contributed by atoms with Gasteiger partial charge in [-0.15, -0.1) is 0 Å². The third-order valence-electron chi connectivity index (χ3n) is 5.50. The van der Waals surface area contributed by atoms with Crippen LogP contribution in [-0.2, 0) is 4.79 Å². The highest BCUT2D eigenvalue weighted by molar-refractivity contribution is 5.89. The molecule has 19 heavy (non-hydrogen) atoms. The number of fused-ring (bicyclic) bond motifs is 2. The molecule has 0 radical (unpaired) electrons. The van der Waals surface area contributed by atoms with Gasteiger partial charge in [0, 0.05) is 31.8 Å². The first kappa shape index (κ1) is 12.9. The largest absolute Gasteiger partial charge is 0.411 e. The van der Waals surface area contributed by atoms with Gasteiger partial charge in [-0.3, -0.25) is 4.79 Å². The summed E-state index contributed by atoms with van der Waals surface area (Å²) in [5.74, 6) is 2.90. The van der Waals surface area contributed by atoms with Crippen molar-refractivity contribution in [2.75, 3.05) is 13.1 Å². The Balaban J connectivity index is 1.54. The standard InChI is InChI=1S/C15H24N2O2/c1-10-9-17(5-4-14(10)16-19)15(18)8-13-7-11-2-3-12(13)6-11/h10-13,19H,2-9H2,1H3. The fourth-order valence-corrected chi connectivity index (χ4v) is 4.38. The van der Waals surface area contributed by atoms with Crippen LogP contribution in [0.15, 0.2) is 5.16 Å². The second-order valence-electron chi connectivity index (χ2n) is 6.72. The molecule has 2 saturated carbocycles. The first-order valence-electron chi connectivity index (χ1n) is 7.66. The molecule has 2 bridgehead atoms. The van der Waals surface area contributed by atoms with Gasteiger partial charge in [-0.05, 0) is 37.0 Å². The molecule has 3 fully saturated rings. The molecule has 0 spiro atoms. The van der Waals surface area contributed by atoms with Crippen molar-refractivity contribution < 1.29 is 10.0 Å². The predicted molar refractivity (Wildman–Crippen MR) is 73.1 cm³/mol. The molecule has 1 aliphatic heterocycles. The molecule has 3 rings (SSSR count). The summed E-state index contributed by atoms with van der Waals surface area (Å²) >= 11 is 0. The molecule has 0 aromatic carbocycles. The molecule has 1 heterocycles. The lowest BCUT2D eigenvalue weighted by Crippen LogP contribution is -2.44. The molecule has 4 nitrogen and oxygen atoms in total. The monoisotopic (exact) mass is 264 g/mol. The zero-order chi connectivity index (χ0) is 13.4. The number of likely N-dealkylation sites (tertiary alicyclic amines) is 1. The van der Waals surface area contributed by atoms with Crippen molar-refractivity contribution in [1.82, 2.24) is 4.90 Å². The van der Waals surface area contributed by atoms with Gasteiger partial charge in [0.25, 0.3) is 0 Å². The van der Waals surface area contributed by atoms with Gasteiger partial charge in [-0.25, -0.2) is 0 Å². The van der Waals surface area contributed by atoms with Crippen LogP contribution in [0.4, 0.5) is 0 Å². The van der Waals surface area contributed by atoms with Crippen molar-refractivity contribution in [2.45, 2.75) is 45.4 Å². The van der Waals surface area contributed by atoms with Crippen LogP contribution in [0.25, 0.3) is 0 Å². The Kier molecular flexibility index (Phi) is 3.50. The quantitative estimate of drug-likeness (QED) is 0.615. The van der Waals surface area contributed by atoms with E-state index in [9.17, 15) is 4.79 Å². The highest BCUT2D eigenvalue weighted by atomic mass is 16.4. The van der Waals surface area contributed by atoms with Crippen molar-refractivity contribution >= 4 is 11.6 Å². The molecule has 1 N–H and O–H groups in total. The maximum atomic E-state index is 12.4. The fourth-order valence-electron chi connectivity index (χ4n) is 4.38. The van der Waals surface area contributed by atoms with Gasteiger partial charge < -0.3 is 10.1 Å². The Hall–Kier alpha value is -1.06. The number of rotatable bonds is 2. The average Bonchev–Trinajstić information content (AvgIpc) is 3.00. The fraction of sp³-hybridized carbons (Fsp3) is 0.867. The lowest BCUT2D eigenvalue weighted by molar-refractivity contribution is -0.133. The van der Waals surface area contributed by atoms with E-state index in [0.29, 0.717) is 11.8 Å². The molecule has 3 aliphatic rings. The Bertz CT molecular complexity index is 394. The number of hydrogen-bond donors (Lipinski definition) is 1. The highest BCUT2D eigenvalue weighted by Gasteiger charge is 2.41. The molecular formula is C15H24N2O2. The van der Waals surface area contributed by atoms with E-state index in [1.807, 2.05) is 11.8 Å². The van der Waals surface area contributed by atoms with Gasteiger partial charge >= 0.3 is 0 Å². The molecular weight excluding hydrogens is 240 g/mol. The van der Waals surface area contributed by atoms with Crippen LogP contribution in [0.2, 0.25) is 0 Å². The molecule has 4 atom stereocenters. The normalized spacial score (nSPS) is 40.1. The van der Waals surface area contributed by atoms with Crippen LogP contribution in [0.3, 0.4) is 0 Å². The van der Waals surface area contributed by atoms with Crippen LogP contribution in [0.5, 0.6) is 0 Å². The van der Waals surface area contributed by atoms with Crippen LogP contribution in [-0.4, -0.2) is 34.8 Å². The second kappa shape index (κ2) is 5.14. The molecule has 0 aromatic heterocycles. The second-order valence-corrected chi connectivity index (χ2v) is 6.72. The lowest BCUT2D eigenvalue weighted by Gasteiger charge is -2.33. The molecule has 2 aliphatic carbocycles. The van der Waals surface area contributed by atoms with Crippen molar-refractivity contribution in [1.29, 1.82) is 0 Å². The first-order chi connectivity index (χ1) is 9.17. The molecule has 1 saturated heterocycles. The number of hydrogen-bond acceptors (Lipinski definition) is 3. The Morgan fingerprint density at radius 3 is 2.84 bits per heavy atom. The summed E-state index contributed by atoms with van der Waals surface area (Å²) in [6.07, 6.45) is 6.87. The molecule has 0 aromatic rings. The van der Waals surface area contributed by atoms with Gasteiger partial charge in [0.2, 0.25) is 5.91 Å². The van der Waals surface area contributed by atoms with Gasteiger partial charge in [-0.1, -0.05) is 18.5 Å². The van der Waals surface area contributed by atoms with E-state index in [1.165, 1.54) is 25.7 Å². The maximum absolute atomic E-state index is 12.4. The smallest absolute Gasteiger partial charge is 0.222 e. The summed E-state index contributed by atoms with van der Waals surface area (Å²) in [6.45, 7) is 3.48. The van der Waals surface area contributed by atoms with Crippen molar-refractivity contribution in [2.24, 2.45) is 28.8 Å². The van der Waals surface area contributed by atoms with E-state index in [2.05, 4.69) is 5.16 Å². The highest BCUT2D eigenvalue weighted by Crippen LogP contribution is 2.49. The SMILES string of the molecule is CC1CN(C(=O)CC2CC3CCC2C3)CCC1=NO. The zero-order valence-corrected chi connectivity index (χ0v) is 11.7. The summed E-state index contributed by atoms with van der Waals surface area (Å²) in [6, 6.07) is 0. The Morgan fingerprint density at radius 1 is 1.42 bits per heavy atom. The minimum atomic E-state index is 0.197. The number of nitrogens with zero attached hydrogens (tertiary/aromatic N) is 2. The molecule has 4 unspecified atom stereocenters. The number of carbonyl (C=O) groups is 1. The Labute approximate surface area is 114 Å². The number of carbonyl (C=O) groups excluding carboxylic acids is 1. The Morgan fingerprint density at radius 2 is 2.26 bits per heavy atom. The molecule has 4 heteroatoms. The third kappa shape index (κ3) is 2.49. The van der Waals surface area contributed by atoms with E-state index in [0.717, 1.165) is 43.5 Å². The number of oxime groups is 1. The van der Waals surface area contributed by atoms with Crippen LogP contribution < -0.4 is 0 Å². The van der Waals surface area contributed by atoms with E-state index < -0.39 is 0 Å². The lowest BCUT2D eigenvalue weighted by atomic mass is 9.85. The average molecular weight is 264 g/mol. The third-order valence-corrected chi connectivity index (χ3v) is 5.50. The van der Waals surface area contributed by atoms with Crippen LogP contribution in [0, 0.1) is 23.7 Å². The zero-order valence-electron chi connectivity index (χ0n) is 11.7. The van der Waals surface area contributed by atoms with E-state index in [4.69, 9.17) is 5.21 Å². The van der Waals surface area contributed by atoms with Crippen molar-refractivity contribution in [3.8, 4) is 0 Å². The summed E-state index contributed by atoms with van der Waals surface area (Å²) in [7, 11) is 0. The van der Waals surface area contributed by atoms with Gasteiger partial charge in [0.1, 0.15) is 0 Å². The van der Waals surface area contributed by atoms with Gasteiger partial charge in [0.05, 0.1) is 5.71 Å². The van der Waals surface area contributed by atoms with Crippen molar-refractivity contribution in [3.05, 3.63) is 0 Å². The number of piperidine rings is 1. The summed E-state index contributed by atoms with van der Waals surface area (Å²) < 4.78 is 0. The minimum absolute atomic E-state index is 0.197. The maximum Gasteiger partial charge on any atom is 0.222 e.